The number of hydrogen-bond donors (Lipinski definition) is 4. The number of nitrogens with two attached hydrogens (primary N) is 2. The molecular weight excluding hydrogens is 396 g/mol. The van der Waals surface area contributed by atoms with Crippen LogP contribution in [0.2, 0.25) is 0 Å². The van der Waals surface area contributed by atoms with Gasteiger partial charge in [0.2, 0.25) is 17.7 Å². The van der Waals surface area contributed by atoms with Crippen LogP contribution in [0.3, 0.4) is 0 Å². The predicted molar refractivity (Wildman–Crippen MR) is 116 cm³/mol. The molecule has 3 unspecified atom stereocenters. The van der Waals surface area contributed by atoms with Crippen molar-refractivity contribution < 1.29 is 19.5 Å². The van der Waals surface area contributed by atoms with E-state index in [0.717, 1.165) is 11.1 Å². The molecule has 8 nitrogen and oxygen atoms in total. The van der Waals surface area contributed by atoms with E-state index in [1.807, 2.05) is 30.3 Å². The second kappa shape index (κ2) is 10.1. The van der Waals surface area contributed by atoms with E-state index in [4.69, 9.17) is 11.5 Å². The maximum Gasteiger partial charge on any atom is 0.243 e. The fraction of sp³-hybridized carbons (Fsp3) is 0.348. The number of carbonyl (C=O) groups is 3. The minimum atomic E-state index is -0.863. The Bertz CT molecular complexity index is 917. The van der Waals surface area contributed by atoms with Gasteiger partial charge >= 0.3 is 0 Å². The molecule has 0 bridgehead atoms. The summed E-state index contributed by atoms with van der Waals surface area (Å²) in [6.07, 6.45) is 1.75. The van der Waals surface area contributed by atoms with Gasteiger partial charge in [-0.05, 0) is 42.5 Å². The summed E-state index contributed by atoms with van der Waals surface area (Å²) in [5.41, 5.74) is 13.3. The van der Waals surface area contributed by atoms with Gasteiger partial charge in [0.15, 0.2) is 0 Å². The number of phenolic OH excluding ortho intramolecular Hbond substituents is 1. The third-order valence-corrected chi connectivity index (χ3v) is 5.49. The SMILES string of the molecule is NC(=O)C(Cc1ccccc1)NC(=O)C1CCCN1C(=O)C(N)Cc1ccc(O)cc1. The molecule has 2 aromatic rings. The first-order valence-electron chi connectivity index (χ1n) is 10.3. The molecule has 1 heterocycles. The molecule has 1 aliphatic rings. The van der Waals surface area contributed by atoms with Gasteiger partial charge in [0.05, 0.1) is 6.04 Å². The number of phenols is 1. The average Bonchev–Trinajstić information content (AvgIpc) is 3.25. The lowest BCUT2D eigenvalue weighted by Gasteiger charge is -2.28. The van der Waals surface area contributed by atoms with Gasteiger partial charge in [-0.25, -0.2) is 0 Å². The highest BCUT2D eigenvalue weighted by atomic mass is 16.3. The van der Waals surface area contributed by atoms with Crippen LogP contribution in [0.4, 0.5) is 0 Å². The molecule has 8 heteroatoms. The molecule has 3 amide bonds. The van der Waals surface area contributed by atoms with Crippen LogP contribution in [0.5, 0.6) is 5.75 Å². The summed E-state index contributed by atoms with van der Waals surface area (Å²) >= 11 is 0. The summed E-state index contributed by atoms with van der Waals surface area (Å²) in [5, 5.41) is 12.1. The maximum atomic E-state index is 12.9. The highest BCUT2D eigenvalue weighted by molar-refractivity contribution is 5.93. The molecule has 0 spiro atoms. The van der Waals surface area contributed by atoms with Crippen molar-refractivity contribution >= 4 is 17.7 Å². The first-order valence-corrected chi connectivity index (χ1v) is 10.3. The molecule has 0 radical (unpaired) electrons. The Kier molecular flexibility index (Phi) is 7.25. The highest BCUT2D eigenvalue weighted by Gasteiger charge is 2.37. The topological polar surface area (TPSA) is 139 Å². The largest absolute Gasteiger partial charge is 0.508 e. The number of hydrogen-bond acceptors (Lipinski definition) is 5. The average molecular weight is 425 g/mol. The Hall–Kier alpha value is -3.39. The van der Waals surface area contributed by atoms with Gasteiger partial charge in [-0.15, -0.1) is 0 Å². The van der Waals surface area contributed by atoms with E-state index in [1.54, 1.807) is 12.1 Å². The molecule has 0 aromatic heterocycles. The Morgan fingerprint density at radius 3 is 2.32 bits per heavy atom. The van der Waals surface area contributed by atoms with Gasteiger partial charge in [-0.1, -0.05) is 42.5 Å². The van der Waals surface area contributed by atoms with E-state index in [0.29, 0.717) is 25.8 Å². The molecule has 0 aliphatic carbocycles. The number of amides is 3. The second-order valence-corrected chi connectivity index (χ2v) is 7.82. The van der Waals surface area contributed by atoms with Gasteiger partial charge < -0.3 is 26.8 Å². The Morgan fingerprint density at radius 2 is 1.68 bits per heavy atom. The van der Waals surface area contributed by atoms with E-state index >= 15 is 0 Å². The van der Waals surface area contributed by atoms with E-state index in [1.165, 1.54) is 17.0 Å². The van der Waals surface area contributed by atoms with Crippen molar-refractivity contribution in [2.45, 2.75) is 43.8 Å². The van der Waals surface area contributed by atoms with E-state index < -0.39 is 29.9 Å². The first-order chi connectivity index (χ1) is 14.8. The molecule has 1 aliphatic heterocycles. The minimum absolute atomic E-state index is 0.138. The summed E-state index contributed by atoms with van der Waals surface area (Å²) in [7, 11) is 0. The number of primary amides is 1. The van der Waals surface area contributed by atoms with Crippen molar-refractivity contribution in [3.63, 3.8) is 0 Å². The molecular formula is C23H28N4O4. The standard InChI is InChI=1S/C23H28N4O4/c24-18(13-16-8-10-17(28)11-9-16)23(31)27-12-4-7-20(27)22(30)26-19(21(25)29)14-15-5-2-1-3-6-15/h1-3,5-6,8-11,18-20,28H,4,7,12-14,24H2,(H2,25,29)(H,26,30). The van der Waals surface area contributed by atoms with Gasteiger partial charge in [0.25, 0.3) is 0 Å². The molecule has 1 saturated heterocycles. The summed E-state index contributed by atoms with van der Waals surface area (Å²) in [6.45, 7) is 0.431. The number of nitrogens with zero attached hydrogens (tertiary/aromatic N) is 1. The lowest BCUT2D eigenvalue weighted by Crippen LogP contribution is -2.55. The second-order valence-electron chi connectivity index (χ2n) is 7.82. The van der Waals surface area contributed by atoms with Crippen LogP contribution in [0.15, 0.2) is 54.6 Å². The smallest absolute Gasteiger partial charge is 0.243 e. The minimum Gasteiger partial charge on any atom is -0.508 e. The summed E-state index contributed by atoms with van der Waals surface area (Å²) in [5.74, 6) is -1.21. The van der Waals surface area contributed by atoms with Gasteiger partial charge in [-0.2, -0.15) is 0 Å². The zero-order valence-corrected chi connectivity index (χ0v) is 17.2. The lowest BCUT2D eigenvalue weighted by atomic mass is 10.0. The third-order valence-electron chi connectivity index (χ3n) is 5.49. The molecule has 0 saturated carbocycles. The molecule has 164 valence electrons. The fourth-order valence-electron chi connectivity index (χ4n) is 3.83. The van der Waals surface area contributed by atoms with E-state index in [9.17, 15) is 19.5 Å². The normalized spacial score (nSPS) is 17.7. The van der Waals surface area contributed by atoms with Crippen LogP contribution in [0, 0.1) is 0 Å². The number of benzene rings is 2. The zero-order chi connectivity index (χ0) is 22.4. The van der Waals surface area contributed by atoms with Crippen LogP contribution in [0.1, 0.15) is 24.0 Å². The van der Waals surface area contributed by atoms with Crippen molar-refractivity contribution in [3.8, 4) is 5.75 Å². The molecule has 2 aromatic carbocycles. The highest BCUT2D eigenvalue weighted by Crippen LogP contribution is 2.20. The molecule has 31 heavy (non-hydrogen) atoms. The number of likely N-dealkylation sites (tertiary alicyclic amines) is 1. The molecule has 3 rings (SSSR count). The Balaban J connectivity index is 1.63. The summed E-state index contributed by atoms with van der Waals surface area (Å²) < 4.78 is 0. The first kappa shape index (κ1) is 22.3. The van der Waals surface area contributed by atoms with Crippen LogP contribution in [-0.2, 0) is 27.2 Å². The van der Waals surface area contributed by atoms with Crippen LogP contribution >= 0.6 is 0 Å². The van der Waals surface area contributed by atoms with Crippen molar-refractivity contribution in [3.05, 3.63) is 65.7 Å². The maximum absolute atomic E-state index is 12.9. The quantitative estimate of drug-likeness (QED) is 0.488. The van der Waals surface area contributed by atoms with E-state index in [2.05, 4.69) is 5.32 Å². The van der Waals surface area contributed by atoms with Crippen molar-refractivity contribution in [2.75, 3.05) is 6.54 Å². The Labute approximate surface area is 181 Å². The van der Waals surface area contributed by atoms with E-state index in [-0.39, 0.29) is 18.1 Å². The number of nitrogens with one attached hydrogen (secondary N) is 1. The van der Waals surface area contributed by atoms with Gasteiger partial charge in [0, 0.05) is 13.0 Å². The summed E-state index contributed by atoms with van der Waals surface area (Å²) in [6, 6.07) is 13.4. The number of aromatic hydroxyl groups is 1. The fourth-order valence-corrected chi connectivity index (χ4v) is 3.83. The van der Waals surface area contributed by atoms with Crippen LogP contribution in [-0.4, -0.2) is 52.4 Å². The number of rotatable bonds is 8. The lowest BCUT2D eigenvalue weighted by molar-refractivity contribution is -0.140. The number of carbonyl (C=O) groups excluding carboxylic acids is 3. The van der Waals surface area contributed by atoms with Crippen LogP contribution in [0.25, 0.3) is 0 Å². The van der Waals surface area contributed by atoms with Crippen molar-refractivity contribution in [2.24, 2.45) is 11.5 Å². The van der Waals surface area contributed by atoms with Crippen molar-refractivity contribution in [1.29, 1.82) is 0 Å². The van der Waals surface area contributed by atoms with Gasteiger partial charge in [0.1, 0.15) is 17.8 Å². The zero-order valence-electron chi connectivity index (χ0n) is 17.2. The molecule has 6 N–H and O–H groups in total. The predicted octanol–water partition coefficient (Wildman–Crippen LogP) is 0.466. The molecule has 3 atom stereocenters. The van der Waals surface area contributed by atoms with Gasteiger partial charge in [-0.3, -0.25) is 14.4 Å². The third kappa shape index (κ3) is 5.82. The monoisotopic (exact) mass is 424 g/mol. The molecule has 1 fully saturated rings. The Morgan fingerprint density at radius 1 is 1.03 bits per heavy atom. The van der Waals surface area contributed by atoms with Crippen LogP contribution < -0.4 is 16.8 Å². The summed E-state index contributed by atoms with van der Waals surface area (Å²) in [4.78, 5) is 39.2. The van der Waals surface area contributed by atoms with Crippen molar-refractivity contribution in [1.82, 2.24) is 10.2 Å².